The van der Waals surface area contributed by atoms with Crippen LogP contribution in [0.25, 0.3) is 0 Å². The van der Waals surface area contributed by atoms with Crippen LogP contribution in [0.15, 0.2) is 16.6 Å². The van der Waals surface area contributed by atoms with Crippen molar-refractivity contribution in [3.8, 4) is 11.5 Å². The molecule has 0 saturated carbocycles. The summed E-state index contributed by atoms with van der Waals surface area (Å²) < 4.78 is 11.6. The van der Waals surface area contributed by atoms with E-state index in [9.17, 15) is 9.90 Å². The van der Waals surface area contributed by atoms with Crippen LogP contribution in [-0.4, -0.2) is 30.8 Å². The SMILES string of the molecule is COc1ccc(Br)c(C(CN)C(=O)O)c1OC(C)C. The highest BCUT2D eigenvalue weighted by Crippen LogP contribution is 2.41. The summed E-state index contributed by atoms with van der Waals surface area (Å²) in [5, 5.41) is 9.28. The van der Waals surface area contributed by atoms with Crippen molar-refractivity contribution >= 4 is 21.9 Å². The largest absolute Gasteiger partial charge is 0.493 e. The van der Waals surface area contributed by atoms with Gasteiger partial charge in [0.2, 0.25) is 0 Å². The van der Waals surface area contributed by atoms with Crippen molar-refractivity contribution in [3.05, 3.63) is 22.2 Å². The van der Waals surface area contributed by atoms with Gasteiger partial charge >= 0.3 is 5.97 Å². The zero-order valence-electron chi connectivity index (χ0n) is 11.1. The lowest BCUT2D eigenvalue weighted by molar-refractivity contribution is -0.138. The Labute approximate surface area is 120 Å². The van der Waals surface area contributed by atoms with Crippen LogP contribution in [-0.2, 0) is 4.79 Å². The summed E-state index contributed by atoms with van der Waals surface area (Å²) in [6.07, 6.45) is -0.103. The second kappa shape index (κ2) is 6.77. The Morgan fingerprint density at radius 2 is 2.11 bits per heavy atom. The lowest BCUT2D eigenvalue weighted by Crippen LogP contribution is -2.23. The number of hydrogen-bond acceptors (Lipinski definition) is 4. The molecule has 0 aliphatic rings. The number of carboxylic acids is 1. The van der Waals surface area contributed by atoms with Gasteiger partial charge in [-0.2, -0.15) is 0 Å². The summed E-state index contributed by atoms with van der Waals surface area (Å²) in [6.45, 7) is 3.71. The highest BCUT2D eigenvalue weighted by atomic mass is 79.9. The summed E-state index contributed by atoms with van der Waals surface area (Å²) in [5.74, 6) is -0.931. The molecule has 0 aliphatic carbocycles. The lowest BCUT2D eigenvalue weighted by Gasteiger charge is -2.21. The Balaban J connectivity index is 3.44. The average Bonchev–Trinajstić information content (AvgIpc) is 2.33. The molecule has 0 bridgehead atoms. The number of aliphatic carboxylic acids is 1. The summed E-state index contributed by atoms with van der Waals surface area (Å²) >= 11 is 3.36. The van der Waals surface area contributed by atoms with Crippen molar-refractivity contribution < 1.29 is 19.4 Å². The topological polar surface area (TPSA) is 81.8 Å². The standard InChI is InChI=1S/C13H18BrNO4/c1-7(2)19-12-10(18-3)5-4-9(14)11(12)8(6-15)13(16)17/h4-5,7-8H,6,15H2,1-3H3,(H,16,17). The molecule has 6 heteroatoms. The fourth-order valence-corrected chi connectivity index (χ4v) is 2.33. The zero-order valence-corrected chi connectivity index (χ0v) is 12.7. The number of rotatable bonds is 6. The van der Waals surface area contributed by atoms with E-state index in [4.69, 9.17) is 15.2 Å². The van der Waals surface area contributed by atoms with E-state index in [1.165, 1.54) is 7.11 Å². The maximum Gasteiger partial charge on any atom is 0.312 e. The van der Waals surface area contributed by atoms with E-state index in [2.05, 4.69) is 15.9 Å². The second-order valence-electron chi connectivity index (χ2n) is 4.29. The molecule has 0 spiro atoms. The molecular weight excluding hydrogens is 314 g/mol. The van der Waals surface area contributed by atoms with E-state index in [0.29, 0.717) is 21.5 Å². The van der Waals surface area contributed by atoms with Gasteiger partial charge in [0.15, 0.2) is 11.5 Å². The van der Waals surface area contributed by atoms with Crippen LogP contribution in [0.1, 0.15) is 25.3 Å². The van der Waals surface area contributed by atoms with Gasteiger partial charge in [0, 0.05) is 16.6 Å². The molecule has 0 aromatic heterocycles. The third-order valence-corrected chi connectivity index (χ3v) is 3.25. The van der Waals surface area contributed by atoms with E-state index in [1.807, 2.05) is 13.8 Å². The maximum absolute atomic E-state index is 11.3. The van der Waals surface area contributed by atoms with Crippen molar-refractivity contribution in [1.82, 2.24) is 0 Å². The normalized spacial score (nSPS) is 12.3. The number of carboxylic acid groups (broad SMARTS) is 1. The first-order valence-electron chi connectivity index (χ1n) is 5.88. The Morgan fingerprint density at radius 3 is 2.53 bits per heavy atom. The molecule has 1 aromatic carbocycles. The first-order chi connectivity index (χ1) is 8.92. The number of halogens is 1. The van der Waals surface area contributed by atoms with Crippen molar-refractivity contribution in [2.45, 2.75) is 25.9 Å². The molecule has 0 fully saturated rings. The van der Waals surface area contributed by atoms with Crippen LogP contribution >= 0.6 is 15.9 Å². The van der Waals surface area contributed by atoms with Gasteiger partial charge in [-0.1, -0.05) is 15.9 Å². The summed E-state index contributed by atoms with van der Waals surface area (Å²) in [6, 6.07) is 3.45. The number of methoxy groups -OCH3 is 1. The van der Waals surface area contributed by atoms with Gasteiger partial charge in [0.25, 0.3) is 0 Å². The number of nitrogens with two attached hydrogens (primary N) is 1. The Kier molecular flexibility index (Phi) is 5.62. The molecule has 0 heterocycles. The van der Waals surface area contributed by atoms with Gasteiger partial charge in [-0.25, -0.2) is 0 Å². The van der Waals surface area contributed by atoms with Gasteiger partial charge in [0.1, 0.15) is 0 Å². The summed E-state index contributed by atoms with van der Waals surface area (Å²) in [4.78, 5) is 11.3. The van der Waals surface area contributed by atoms with Gasteiger partial charge in [0.05, 0.1) is 19.1 Å². The van der Waals surface area contributed by atoms with Crippen molar-refractivity contribution in [3.63, 3.8) is 0 Å². The smallest absolute Gasteiger partial charge is 0.312 e. The molecule has 1 aromatic rings. The highest BCUT2D eigenvalue weighted by molar-refractivity contribution is 9.10. The van der Waals surface area contributed by atoms with E-state index >= 15 is 0 Å². The minimum atomic E-state index is -0.995. The first-order valence-corrected chi connectivity index (χ1v) is 6.67. The third kappa shape index (κ3) is 3.61. The molecule has 106 valence electrons. The van der Waals surface area contributed by atoms with Gasteiger partial charge in [-0.05, 0) is 26.0 Å². The summed E-state index contributed by atoms with van der Waals surface area (Å²) in [7, 11) is 1.51. The minimum absolute atomic E-state index is 0.0183. The van der Waals surface area contributed by atoms with Crippen molar-refractivity contribution in [2.75, 3.05) is 13.7 Å². The zero-order chi connectivity index (χ0) is 14.6. The van der Waals surface area contributed by atoms with Crippen molar-refractivity contribution in [2.24, 2.45) is 5.73 Å². The fraction of sp³-hybridized carbons (Fsp3) is 0.462. The fourth-order valence-electron chi connectivity index (χ4n) is 1.74. The van der Waals surface area contributed by atoms with E-state index in [-0.39, 0.29) is 12.6 Å². The Hall–Kier alpha value is -1.27. The molecule has 1 rings (SSSR count). The van der Waals surface area contributed by atoms with Crippen LogP contribution < -0.4 is 15.2 Å². The van der Waals surface area contributed by atoms with Gasteiger partial charge < -0.3 is 20.3 Å². The van der Waals surface area contributed by atoms with E-state index in [0.717, 1.165) is 0 Å². The lowest BCUT2D eigenvalue weighted by atomic mass is 9.98. The first kappa shape index (κ1) is 15.8. The molecule has 3 N–H and O–H groups in total. The van der Waals surface area contributed by atoms with Crippen LogP contribution in [0.3, 0.4) is 0 Å². The monoisotopic (exact) mass is 331 g/mol. The molecule has 0 amide bonds. The summed E-state index contributed by atoms with van der Waals surface area (Å²) in [5.41, 5.74) is 6.07. The minimum Gasteiger partial charge on any atom is -0.493 e. The van der Waals surface area contributed by atoms with Crippen molar-refractivity contribution in [1.29, 1.82) is 0 Å². The van der Waals surface area contributed by atoms with Crippen LogP contribution in [0.2, 0.25) is 0 Å². The van der Waals surface area contributed by atoms with Gasteiger partial charge in [-0.15, -0.1) is 0 Å². The Morgan fingerprint density at radius 1 is 1.47 bits per heavy atom. The number of hydrogen-bond donors (Lipinski definition) is 2. The molecule has 1 atom stereocenters. The molecule has 1 unspecified atom stereocenters. The maximum atomic E-state index is 11.3. The molecule has 5 nitrogen and oxygen atoms in total. The van der Waals surface area contributed by atoms with E-state index < -0.39 is 11.9 Å². The predicted molar refractivity (Wildman–Crippen MR) is 75.9 cm³/mol. The molecule has 0 aliphatic heterocycles. The number of carbonyl (C=O) groups is 1. The van der Waals surface area contributed by atoms with Crippen LogP contribution in [0.5, 0.6) is 11.5 Å². The quantitative estimate of drug-likeness (QED) is 0.836. The number of ether oxygens (including phenoxy) is 2. The third-order valence-electron chi connectivity index (χ3n) is 2.56. The predicted octanol–water partition coefficient (Wildman–Crippen LogP) is 2.37. The average molecular weight is 332 g/mol. The highest BCUT2D eigenvalue weighted by Gasteiger charge is 2.27. The molecular formula is C13H18BrNO4. The molecule has 0 saturated heterocycles. The van der Waals surface area contributed by atoms with Crippen LogP contribution in [0, 0.1) is 0 Å². The molecule has 0 radical (unpaired) electrons. The van der Waals surface area contributed by atoms with Crippen LogP contribution in [0.4, 0.5) is 0 Å². The second-order valence-corrected chi connectivity index (χ2v) is 5.14. The Bertz CT molecular complexity index is 462. The van der Waals surface area contributed by atoms with Gasteiger partial charge in [-0.3, -0.25) is 4.79 Å². The van der Waals surface area contributed by atoms with E-state index in [1.54, 1.807) is 12.1 Å². The molecule has 19 heavy (non-hydrogen) atoms. The number of benzene rings is 1.